The maximum absolute atomic E-state index is 11.7. The van der Waals surface area contributed by atoms with E-state index in [4.69, 9.17) is 9.47 Å². The van der Waals surface area contributed by atoms with Crippen molar-refractivity contribution >= 4 is 16.9 Å². The van der Waals surface area contributed by atoms with Gasteiger partial charge < -0.3 is 9.47 Å². The number of hydrogen-bond acceptors (Lipinski definition) is 4. The predicted octanol–water partition coefficient (Wildman–Crippen LogP) is 2.99. The molecule has 1 fully saturated rings. The lowest BCUT2D eigenvalue weighted by atomic mass is 10.2. The molecule has 18 heavy (non-hydrogen) atoms. The Bertz CT molecular complexity index is 361. The standard InChI is InChI=1S/C14H18O3S/c15-13(7-8-14-16-9-4-10-17-14)18-11-12-5-2-1-3-6-12/h1-3,5-6,14H,4,7-11H2. The van der Waals surface area contributed by atoms with Gasteiger partial charge in [-0.3, -0.25) is 4.79 Å². The molecule has 98 valence electrons. The van der Waals surface area contributed by atoms with Crippen LogP contribution in [0.15, 0.2) is 30.3 Å². The highest BCUT2D eigenvalue weighted by molar-refractivity contribution is 8.12. The molecule has 3 nitrogen and oxygen atoms in total. The largest absolute Gasteiger partial charge is 0.353 e. The van der Waals surface area contributed by atoms with Gasteiger partial charge >= 0.3 is 0 Å². The summed E-state index contributed by atoms with van der Waals surface area (Å²) < 4.78 is 10.8. The van der Waals surface area contributed by atoms with Gasteiger partial charge in [0.25, 0.3) is 0 Å². The van der Waals surface area contributed by atoms with Gasteiger partial charge in [-0.1, -0.05) is 42.1 Å². The topological polar surface area (TPSA) is 35.5 Å². The normalized spacial score (nSPS) is 16.7. The molecule has 0 N–H and O–H groups in total. The van der Waals surface area contributed by atoms with E-state index in [0.717, 1.165) is 25.4 Å². The Morgan fingerprint density at radius 1 is 1.22 bits per heavy atom. The summed E-state index contributed by atoms with van der Waals surface area (Å²) in [6, 6.07) is 10.0. The van der Waals surface area contributed by atoms with Crippen LogP contribution in [0.2, 0.25) is 0 Å². The van der Waals surface area contributed by atoms with Crippen LogP contribution in [0.3, 0.4) is 0 Å². The molecule has 0 aliphatic carbocycles. The lowest BCUT2D eigenvalue weighted by molar-refractivity contribution is -0.181. The van der Waals surface area contributed by atoms with E-state index in [2.05, 4.69) is 0 Å². The van der Waals surface area contributed by atoms with Crippen molar-refractivity contribution in [2.24, 2.45) is 0 Å². The second-order valence-corrected chi connectivity index (χ2v) is 5.24. The predicted molar refractivity (Wildman–Crippen MR) is 72.3 cm³/mol. The molecule has 1 aromatic rings. The number of thioether (sulfide) groups is 1. The maximum atomic E-state index is 11.7. The number of carbonyl (C=O) groups excluding carboxylic acids is 1. The smallest absolute Gasteiger partial charge is 0.189 e. The van der Waals surface area contributed by atoms with E-state index in [1.54, 1.807) is 0 Å². The van der Waals surface area contributed by atoms with Crippen LogP contribution in [-0.4, -0.2) is 24.6 Å². The molecule has 0 saturated carbocycles. The molecule has 0 bridgehead atoms. The van der Waals surface area contributed by atoms with Gasteiger partial charge in [0.05, 0.1) is 13.2 Å². The van der Waals surface area contributed by atoms with E-state index in [9.17, 15) is 4.79 Å². The first-order valence-corrected chi connectivity index (χ1v) is 7.26. The molecule has 0 radical (unpaired) electrons. The molecule has 1 aliphatic rings. The second kappa shape index (κ2) is 7.56. The van der Waals surface area contributed by atoms with Crippen LogP contribution in [0.25, 0.3) is 0 Å². The molecule has 2 rings (SSSR count). The van der Waals surface area contributed by atoms with E-state index in [-0.39, 0.29) is 11.4 Å². The van der Waals surface area contributed by atoms with Crippen molar-refractivity contribution in [1.82, 2.24) is 0 Å². The quantitative estimate of drug-likeness (QED) is 0.820. The lowest BCUT2D eigenvalue weighted by Crippen LogP contribution is -2.25. The van der Waals surface area contributed by atoms with Gasteiger partial charge in [-0.15, -0.1) is 0 Å². The zero-order valence-corrected chi connectivity index (χ0v) is 11.2. The fourth-order valence-corrected chi connectivity index (χ4v) is 2.53. The summed E-state index contributed by atoms with van der Waals surface area (Å²) in [4.78, 5) is 11.7. The minimum atomic E-state index is -0.181. The Morgan fingerprint density at radius 2 is 1.94 bits per heavy atom. The first-order chi connectivity index (χ1) is 8.84. The molecule has 0 spiro atoms. The summed E-state index contributed by atoms with van der Waals surface area (Å²) >= 11 is 1.37. The fourth-order valence-electron chi connectivity index (χ4n) is 1.75. The van der Waals surface area contributed by atoms with Gasteiger partial charge in [0.1, 0.15) is 0 Å². The van der Waals surface area contributed by atoms with E-state index in [1.807, 2.05) is 30.3 Å². The SMILES string of the molecule is O=C(CCC1OCCCO1)SCc1ccccc1. The van der Waals surface area contributed by atoms with Gasteiger partial charge in [0, 0.05) is 18.6 Å². The second-order valence-electron chi connectivity index (χ2n) is 4.21. The third-order valence-electron chi connectivity index (χ3n) is 2.72. The summed E-state index contributed by atoms with van der Waals surface area (Å²) in [7, 11) is 0. The summed E-state index contributed by atoms with van der Waals surface area (Å²) in [5.41, 5.74) is 1.18. The van der Waals surface area contributed by atoms with Crippen LogP contribution in [-0.2, 0) is 20.0 Å². The minimum Gasteiger partial charge on any atom is -0.353 e. The van der Waals surface area contributed by atoms with Crippen LogP contribution in [0.5, 0.6) is 0 Å². The summed E-state index contributed by atoms with van der Waals surface area (Å²) in [6.45, 7) is 1.49. The molecule has 1 aliphatic heterocycles. The molecule has 4 heteroatoms. The zero-order valence-electron chi connectivity index (χ0n) is 10.3. The highest BCUT2D eigenvalue weighted by atomic mass is 32.2. The first-order valence-electron chi connectivity index (χ1n) is 6.27. The van der Waals surface area contributed by atoms with E-state index in [1.165, 1.54) is 17.3 Å². The molecule has 0 atom stereocenters. The highest BCUT2D eigenvalue weighted by Crippen LogP contribution is 2.18. The third-order valence-corrected chi connectivity index (χ3v) is 3.73. The molecular formula is C14H18O3S. The van der Waals surface area contributed by atoms with Crippen LogP contribution >= 0.6 is 11.8 Å². The summed E-state index contributed by atoms with van der Waals surface area (Å²) in [5, 5.41) is 0.205. The number of carbonyl (C=O) groups is 1. The molecular weight excluding hydrogens is 248 g/mol. The average Bonchev–Trinajstić information content (AvgIpc) is 2.45. The maximum Gasteiger partial charge on any atom is 0.189 e. The number of hydrogen-bond donors (Lipinski definition) is 0. The molecule has 0 aromatic heterocycles. The van der Waals surface area contributed by atoms with Crippen molar-refractivity contribution in [3.8, 4) is 0 Å². The van der Waals surface area contributed by atoms with Crippen molar-refractivity contribution in [1.29, 1.82) is 0 Å². The van der Waals surface area contributed by atoms with Crippen molar-refractivity contribution in [3.05, 3.63) is 35.9 Å². The van der Waals surface area contributed by atoms with Gasteiger partial charge in [0.15, 0.2) is 11.4 Å². The monoisotopic (exact) mass is 266 g/mol. The van der Waals surface area contributed by atoms with E-state index >= 15 is 0 Å². The van der Waals surface area contributed by atoms with Gasteiger partial charge in [-0.05, 0) is 12.0 Å². The van der Waals surface area contributed by atoms with Crippen molar-refractivity contribution < 1.29 is 14.3 Å². The molecule has 1 aromatic carbocycles. The lowest BCUT2D eigenvalue weighted by Gasteiger charge is -2.22. The number of ether oxygens (including phenoxy) is 2. The molecule has 0 unspecified atom stereocenters. The Kier molecular flexibility index (Phi) is 5.71. The summed E-state index contributed by atoms with van der Waals surface area (Å²) in [6.07, 6.45) is 1.95. The van der Waals surface area contributed by atoms with Crippen molar-refractivity contribution in [2.45, 2.75) is 31.3 Å². The Morgan fingerprint density at radius 3 is 2.67 bits per heavy atom. The number of benzene rings is 1. The Hall–Kier alpha value is -0.840. The summed E-state index contributed by atoms with van der Waals surface area (Å²) in [5.74, 6) is 0.742. The fraction of sp³-hybridized carbons (Fsp3) is 0.500. The molecule has 1 heterocycles. The Balaban J connectivity index is 1.63. The third kappa shape index (κ3) is 4.80. The highest BCUT2D eigenvalue weighted by Gasteiger charge is 2.15. The van der Waals surface area contributed by atoms with Gasteiger partial charge in [0.2, 0.25) is 0 Å². The average molecular weight is 266 g/mol. The first kappa shape index (κ1) is 13.6. The van der Waals surface area contributed by atoms with Crippen LogP contribution in [0.1, 0.15) is 24.8 Å². The molecule has 1 saturated heterocycles. The van der Waals surface area contributed by atoms with Crippen LogP contribution in [0.4, 0.5) is 0 Å². The van der Waals surface area contributed by atoms with Crippen molar-refractivity contribution in [2.75, 3.05) is 13.2 Å². The van der Waals surface area contributed by atoms with Crippen molar-refractivity contribution in [3.63, 3.8) is 0 Å². The van der Waals surface area contributed by atoms with Gasteiger partial charge in [-0.25, -0.2) is 0 Å². The minimum absolute atomic E-state index is 0.181. The van der Waals surface area contributed by atoms with E-state index in [0.29, 0.717) is 12.8 Å². The van der Waals surface area contributed by atoms with Crippen LogP contribution < -0.4 is 0 Å². The van der Waals surface area contributed by atoms with Gasteiger partial charge in [-0.2, -0.15) is 0 Å². The van der Waals surface area contributed by atoms with E-state index < -0.39 is 0 Å². The van der Waals surface area contributed by atoms with Crippen LogP contribution in [0, 0.1) is 0 Å². The zero-order chi connectivity index (χ0) is 12.6. The molecule has 0 amide bonds. The Labute approximate surface area is 112 Å². The number of rotatable bonds is 5.